The first-order valence-electron chi connectivity index (χ1n) is 11.1. The Morgan fingerprint density at radius 1 is 1.27 bits per heavy atom. The van der Waals surface area contributed by atoms with Crippen LogP contribution in [0.25, 0.3) is 0 Å². The van der Waals surface area contributed by atoms with Gasteiger partial charge in [-0.15, -0.1) is 0 Å². The molecule has 2 N–H and O–H groups in total. The van der Waals surface area contributed by atoms with Crippen molar-refractivity contribution in [3.63, 3.8) is 0 Å². The first-order valence-corrected chi connectivity index (χ1v) is 11.1. The number of ether oxygens (including phenoxy) is 1. The maximum atomic E-state index is 12.4. The summed E-state index contributed by atoms with van der Waals surface area (Å²) in [5.41, 5.74) is 1.28. The highest BCUT2D eigenvalue weighted by Crippen LogP contribution is 2.41. The van der Waals surface area contributed by atoms with E-state index in [2.05, 4.69) is 13.8 Å². The largest absolute Gasteiger partial charge is 0.478 e. The molecule has 0 heterocycles. The van der Waals surface area contributed by atoms with E-state index in [0.717, 1.165) is 24.8 Å². The summed E-state index contributed by atoms with van der Waals surface area (Å²) in [6.45, 7) is 4.96. The molecule has 0 saturated heterocycles. The van der Waals surface area contributed by atoms with Gasteiger partial charge < -0.3 is 14.9 Å². The van der Waals surface area contributed by atoms with Crippen molar-refractivity contribution < 1.29 is 24.5 Å². The van der Waals surface area contributed by atoms with Crippen molar-refractivity contribution in [1.82, 2.24) is 0 Å². The Morgan fingerprint density at radius 2 is 1.97 bits per heavy atom. The van der Waals surface area contributed by atoms with Crippen LogP contribution in [0.5, 0.6) is 0 Å². The first-order chi connectivity index (χ1) is 14.3. The van der Waals surface area contributed by atoms with Gasteiger partial charge in [0.25, 0.3) is 0 Å². The molecule has 0 aliphatic heterocycles. The number of aliphatic hydroxyl groups is 1. The molecule has 164 valence electrons. The molecular weight excluding hydrogens is 380 g/mol. The number of hydrogen-bond acceptors (Lipinski definition) is 4. The topological polar surface area (TPSA) is 83.8 Å². The molecule has 0 amide bonds. The third kappa shape index (κ3) is 5.58. The van der Waals surface area contributed by atoms with Crippen LogP contribution in [-0.4, -0.2) is 40.3 Å². The van der Waals surface area contributed by atoms with Crippen LogP contribution in [0, 0.1) is 17.8 Å². The normalized spacial score (nSPS) is 25.7. The summed E-state index contributed by atoms with van der Waals surface area (Å²) in [7, 11) is 0. The second-order valence-corrected chi connectivity index (χ2v) is 9.34. The van der Waals surface area contributed by atoms with Crippen molar-refractivity contribution in [2.45, 2.75) is 70.5 Å². The summed E-state index contributed by atoms with van der Waals surface area (Å²) < 4.78 is 6.19. The fourth-order valence-corrected chi connectivity index (χ4v) is 4.89. The number of rotatable bonds is 10. The van der Waals surface area contributed by atoms with E-state index >= 15 is 0 Å². The third-order valence-electron chi connectivity index (χ3n) is 6.57. The molecule has 0 aromatic heterocycles. The maximum absolute atomic E-state index is 12.4. The summed E-state index contributed by atoms with van der Waals surface area (Å²) in [4.78, 5) is 23.4. The average Bonchev–Trinajstić information content (AvgIpc) is 2.93. The van der Waals surface area contributed by atoms with E-state index in [1.807, 2.05) is 12.2 Å². The lowest BCUT2D eigenvalue weighted by atomic mass is 9.75. The Morgan fingerprint density at radius 3 is 2.53 bits per heavy atom. The van der Waals surface area contributed by atoms with Crippen LogP contribution in [0.2, 0.25) is 0 Å². The maximum Gasteiger partial charge on any atom is 0.335 e. The highest BCUT2D eigenvalue weighted by Gasteiger charge is 2.40. The highest BCUT2D eigenvalue weighted by atomic mass is 16.5. The first kappa shape index (κ1) is 22.7. The molecule has 0 spiro atoms. The quantitative estimate of drug-likeness (QED) is 0.554. The molecule has 0 bridgehead atoms. The van der Waals surface area contributed by atoms with Crippen LogP contribution < -0.4 is 0 Å². The Labute approximate surface area is 179 Å². The number of carbonyl (C=O) groups excluding carboxylic acids is 1. The van der Waals surface area contributed by atoms with E-state index in [1.165, 1.54) is 6.42 Å². The number of carboxylic acids is 1. The number of Topliss-reactive ketones (excluding diaryl/α,β-unsaturated/α-hetero) is 1. The van der Waals surface area contributed by atoms with Crippen LogP contribution in [0.1, 0.15) is 68.3 Å². The van der Waals surface area contributed by atoms with E-state index in [-0.39, 0.29) is 35.2 Å². The van der Waals surface area contributed by atoms with E-state index in [0.29, 0.717) is 25.4 Å². The fourth-order valence-electron chi connectivity index (χ4n) is 4.89. The SMILES string of the molecule is CC(C)CC1(OC/C=C/[C@H]2[C@H](O)CC(=O)[C@@H]2CCc2ccc(C(=O)O)cc2)CCC1. The van der Waals surface area contributed by atoms with Crippen molar-refractivity contribution in [1.29, 1.82) is 0 Å². The lowest BCUT2D eigenvalue weighted by Crippen LogP contribution is -2.41. The molecule has 2 aliphatic carbocycles. The van der Waals surface area contributed by atoms with Crippen LogP contribution >= 0.6 is 0 Å². The molecule has 5 heteroatoms. The predicted molar refractivity (Wildman–Crippen MR) is 115 cm³/mol. The van der Waals surface area contributed by atoms with Gasteiger partial charge >= 0.3 is 5.97 Å². The van der Waals surface area contributed by atoms with Gasteiger partial charge in [0.05, 0.1) is 23.9 Å². The number of hydrogen-bond donors (Lipinski definition) is 2. The number of aryl methyl sites for hydroxylation is 1. The lowest BCUT2D eigenvalue weighted by molar-refractivity contribution is -0.121. The van der Waals surface area contributed by atoms with Crippen molar-refractivity contribution in [3.8, 4) is 0 Å². The number of carboxylic acid groups (broad SMARTS) is 1. The second kappa shape index (κ2) is 9.88. The molecule has 3 atom stereocenters. The molecule has 3 rings (SSSR count). The molecule has 2 aliphatic rings. The van der Waals surface area contributed by atoms with E-state index in [1.54, 1.807) is 24.3 Å². The van der Waals surface area contributed by atoms with Gasteiger partial charge in [0, 0.05) is 18.3 Å². The molecule has 1 aromatic rings. The number of aromatic carboxylic acids is 1. The Bertz CT molecular complexity index is 760. The molecule has 2 fully saturated rings. The fraction of sp³-hybridized carbons (Fsp3) is 0.600. The van der Waals surface area contributed by atoms with E-state index in [9.17, 15) is 14.7 Å². The standard InChI is InChI=1S/C25H34O5/c1-17(2)16-25(12-4-13-25)30-14-3-5-20-21(23(27)15-22(20)26)11-8-18-6-9-19(10-7-18)24(28)29/h3,5-7,9-10,17,20-22,26H,4,8,11-16H2,1-2H3,(H,28,29)/b5-3+/t20-,21-,22-/m1/s1. The number of benzene rings is 1. The Kier molecular flexibility index (Phi) is 7.48. The second-order valence-electron chi connectivity index (χ2n) is 9.34. The number of carbonyl (C=O) groups is 2. The minimum absolute atomic E-state index is 0.0180. The third-order valence-corrected chi connectivity index (χ3v) is 6.57. The number of ketones is 1. The minimum Gasteiger partial charge on any atom is -0.478 e. The molecule has 0 unspecified atom stereocenters. The van der Waals surface area contributed by atoms with Gasteiger partial charge in [0.15, 0.2) is 0 Å². The molecule has 0 radical (unpaired) electrons. The Hall–Kier alpha value is -1.98. The average molecular weight is 415 g/mol. The summed E-state index contributed by atoms with van der Waals surface area (Å²) in [6.07, 6.45) is 9.38. The van der Waals surface area contributed by atoms with Gasteiger partial charge in [0.2, 0.25) is 0 Å². The zero-order valence-electron chi connectivity index (χ0n) is 18.0. The van der Waals surface area contributed by atoms with Crippen LogP contribution in [0.4, 0.5) is 0 Å². The highest BCUT2D eigenvalue weighted by molar-refractivity contribution is 5.87. The summed E-state index contributed by atoms with van der Waals surface area (Å²) in [5.74, 6) is -0.612. The van der Waals surface area contributed by atoms with Crippen LogP contribution in [0.3, 0.4) is 0 Å². The summed E-state index contributed by atoms with van der Waals surface area (Å²) in [5, 5.41) is 19.4. The van der Waals surface area contributed by atoms with Gasteiger partial charge in [-0.1, -0.05) is 38.1 Å². The summed E-state index contributed by atoms with van der Waals surface area (Å²) >= 11 is 0. The van der Waals surface area contributed by atoms with Gasteiger partial charge in [-0.25, -0.2) is 4.79 Å². The Balaban J connectivity index is 1.54. The van der Waals surface area contributed by atoms with Crippen molar-refractivity contribution in [2.24, 2.45) is 17.8 Å². The minimum atomic E-state index is -0.944. The van der Waals surface area contributed by atoms with Crippen LogP contribution in [-0.2, 0) is 16.0 Å². The predicted octanol–water partition coefficient (Wildman–Crippen LogP) is 4.43. The zero-order valence-corrected chi connectivity index (χ0v) is 18.0. The van der Waals surface area contributed by atoms with Gasteiger partial charge in [-0.2, -0.15) is 0 Å². The van der Waals surface area contributed by atoms with Gasteiger partial charge in [-0.05, 0) is 62.1 Å². The summed E-state index contributed by atoms with van der Waals surface area (Å²) in [6, 6.07) is 6.77. The molecule has 1 aromatic carbocycles. The monoisotopic (exact) mass is 414 g/mol. The molecule has 2 saturated carbocycles. The van der Waals surface area contributed by atoms with Crippen molar-refractivity contribution in [3.05, 3.63) is 47.5 Å². The van der Waals surface area contributed by atoms with Crippen molar-refractivity contribution in [2.75, 3.05) is 6.61 Å². The molecular formula is C25H34O5. The van der Waals surface area contributed by atoms with Gasteiger partial charge in [0.1, 0.15) is 5.78 Å². The van der Waals surface area contributed by atoms with E-state index in [4.69, 9.17) is 9.84 Å². The van der Waals surface area contributed by atoms with Crippen LogP contribution in [0.15, 0.2) is 36.4 Å². The molecule has 5 nitrogen and oxygen atoms in total. The van der Waals surface area contributed by atoms with Crippen molar-refractivity contribution >= 4 is 11.8 Å². The number of aliphatic hydroxyl groups excluding tert-OH is 1. The van der Waals surface area contributed by atoms with E-state index < -0.39 is 12.1 Å². The van der Waals surface area contributed by atoms with Gasteiger partial charge in [-0.3, -0.25) is 4.79 Å². The lowest BCUT2D eigenvalue weighted by Gasteiger charge is -2.42. The smallest absolute Gasteiger partial charge is 0.335 e. The zero-order chi connectivity index (χ0) is 21.7. The molecule has 30 heavy (non-hydrogen) atoms.